The van der Waals surface area contributed by atoms with E-state index in [1.807, 2.05) is 6.20 Å². The lowest BCUT2D eigenvalue weighted by Gasteiger charge is -2.14. The Bertz CT molecular complexity index is 407. The van der Waals surface area contributed by atoms with E-state index in [-0.39, 0.29) is 0 Å². The molecule has 0 aromatic carbocycles. The van der Waals surface area contributed by atoms with Crippen molar-refractivity contribution < 1.29 is 0 Å². The molecule has 1 heterocycles. The highest BCUT2D eigenvalue weighted by atomic mass is 35.5. The van der Waals surface area contributed by atoms with Gasteiger partial charge >= 0.3 is 0 Å². The first-order valence-corrected chi connectivity index (χ1v) is 7.83. The van der Waals surface area contributed by atoms with Crippen molar-refractivity contribution in [1.29, 1.82) is 0 Å². The molecule has 0 amide bonds. The van der Waals surface area contributed by atoms with Crippen molar-refractivity contribution in [2.24, 2.45) is 0 Å². The van der Waals surface area contributed by atoms with E-state index >= 15 is 0 Å². The second kappa shape index (κ2) is 5.56. The molecule has 0 atom stereocenters. The number of hydrogen-bond donors (Lipinski definition) is 0. The third-order valence-corrected chi connectivity index (χ3v) is 4.53. The van der Waals surface area contributed by atoms with Crippen LogP contribution < -0.4 is 0 Å². The van der Waals surface area contributed by atoms with Crippen LogP contribution in [0, 0.1) is 0 Å². The largest absolute Gasteiger partial charge is 0.241 e. The van der Waals surface area contributed by atoms with Gasteiger partial charge in [-0.2, -0.15) is 0 Å². The molecule has 1 aromatic rings. The van der Waals surface area contributed by atoms with Crippen LogP contribution in [0.2, 0.25) is 0 Å². The van der Waals surface area contributed by atoms with Crippen molar-refractivity contribution in [2.75, 3.05) is 0 Å². The van der Waals surface area contributed by atoms with Crippen molar-refractivity contribution in [3.05, 3.63) is 23.3 Å². The Hall–Kier alpha value is -0.630. The van der Waals surface area contributed by atoms with Crippen LogP contribution >= 0.6 is 11.6 Å². The van der Waals surface area contributed by atoms with E-state index < -0.39 is 0 Å². The summed E-state index contributed by atoms with van der Waals surface area (Å²) in [6.07, 6.45) is 12.5. The van der Waals surface area contributed by atoms with Gasteiger partial charge in [-0.05, 0) is 25.7 Å². The van der Waals surface area contributed by atoms with Gasteiger partial charge in [0.2, 0.25) is 0 Å². The Labute approximate surface area is 114 Å². The maximum Gasteiger partial charge on any atom is 0.131 e. The molecule has 0 bridgehead atoms. The predicted octanol–water partition coefficient (Wildman–Crippen LogP) is 4.53. The first-order chi connectivity index (χ1) is 8.88. The molecule has 2 aliphatic carbocycles. The number of hydrogen-bond acceptors (Lipinski definition) is 2. The molecule has 18 heavy (non-hydrogen) atoms. The summed E-state index contributed by atoms with van der Waals surface area (Å²) in [5.41, 5.74) is 2.40. The second-order valence-corrected chi connectivity index (χ2v) is 6.00. The van der Waals surface area contributed by atoms with Crippen LogP contribution in [0.4, 0.5) is 0 Å². The summed E-state index contributed by atoms with van der Waals surface area (Å²) >= 11 is 5.99. The van der Waals surface area contributed by atoms with Crippen molar-refractivity contribution in [3.8, 4) is 0 Å². The molecular weight excluding hydrogens is 244 g/mol. The van der Waals surface area contributed by atoms with E-state index in [0.717, 1.165) is 11.4 Å². The van der Waals surface area contributed by atoms with Gasteiger partial charge in [-0.25, -0.2) is 9.97 Å². The number of aromatic nitrogens is 2. The monoisotopic (exact) mass is 264 g/mol. The highest BCUT2D eigenvalue weighted by Gasteiger charge is 2.29. The minimum Gasteiger partial charge on any atom is -0.241 e. The van der Waals surface area contributed by atoms with Gasteiger partial charge in [0, 0.05) is 23.6 Å². The predicted molar refractivity (Wildman–Crippen MR) is 74.0 cm³/mol. The van der Waals surface area contributed by atoms with Gasteiger partial charge in [0.15, 0.2) is 0 Å². The van der Waals surface area contributed by atoms with Gasteiger partial charge in [0.25, 0.3) is 0 Å². The zero-order valence-corrected chi connectivity index (χ0v) is 11.6. The zero-order chi connectivity index (χ0) is 12.4. The van der Waals surface area contributed by atoms with E-state index in [2.05, 4.69) is 4.98 Å². The molecule has 0 N–H and O–H groups in total. The number of halogens is 1. The number of alkyl halides is 1. The Morgan fingerprint density at radius 1 is 1.00 bits per heavy atom. The maximum atomic E-state index is 5.99. The fraction of sp³-hybridized carbons (Fsp3) is 0.733. The Morgan fingerprint density at radius 3 is 2.33 bits per heavy atom. The van der Waals surface area contributed by atoms with E-state index in [9.17, 15) is 0 Å². The molecule has 2 fully saturated rings. The molecule has 0 spiro atoms. The lowest BCUT2D eigenvalue weighted by Crippen LogP contribution is -2.07. The highest BCUT2D eigenvalue weighted by Crippen LogP contribution is 2.41. The summed E-state index contributed by atoms with van der Waals surface area (Å²) in [7, 11) is 0. The first kappa shape index (κ1) is 12.4. The smallest absolute Gasteiger partial charge is 0.131 e. The molecule has 0 aliphatic heterocycles. The Balaban J connectivity index is 1.84. The molecule has 3 heteroatoms. The lowest BCUT2D eigenvalue weighted by atomic mass is 9.99. The lowest BCUT2D eigenvalue weighted by molar-refractivity contribution is 0.556. The molecule has 0 unspecified atom stereocenters. The first-order valence-electron chi connectivity index (χ1n) is 7.30. The third-order valence-electron chi connectivity index (χ3n) is 4.24. The summed E-state index contributed by atoms with van der Waals surface area (Å²) in [5.74, 6) is 2.91. The molecule has 2 nitrogen and oxygen atoms in total. The quantitative estimate of drug-likeness (QED) is 0.592. The molecule has 2 saturated carbocycles. The fourth-order valence-corrected chi connectivity index (χ4v) is 3.19. The van der Waals surface area contributed by atoms with Crippen molar-refractivity contribution >= 4 is 11.6 Å². The van der Waals surface area contributed by atoms with Crippen LogP contribution in [0.25, 0.3) is 0 Å². The van der Waals surface area contributed by atoms with Gasteiger partial charge in [0.05, 0.1) is 11.6 Å². The van der Waals surface area contributed by atoms with Crippen molar-refractivity contribution in [2.45, 2.75) is 69.1 Å². The topological polar surface area (TPSA) is 25.8 Å². The molecular formula is C15H21ClN2. The molecule has 1 aromatic heterocycles. The standard InChI is InChI=1S/C15H21ClN2/c16-9-13-10-17-15(18-14(13)11-7-8-11)12-5-3-1-2-4-6-12/h10-12H,1-9H2. The van der Waals surface area contributed by atoms with Crippen LogP contribution in [-0.4, -0.2) is 9.97 Å². The fourth-order valence-electron chi connectivity index (χ4n) is 2.98. The summed E-state index contributed by atoms with van der Waals surface area (Å²) in [5, 5.41) is 0. The number of rotatable bonds is 3. The maximum absolute atomic E-state index is 5.99. The van der Waals surface area contributed by atoms with Crippen LogP contribution in [0.3, 0.4) is 0 Å². The van der Waals surface area contributed by atoms with Crippen molar-refractivity contribution in [1.82, 2.24) is 9.97 Å². The van der Waals surface area contributed by atoms with Crippen LogP contribution in [-0.2, 0) is 5.88 Å². The summed E-state index contributed by atoms with van der Waals surface area (Å²) < 4.78 is 0. The average Bonchev–Trinajstić information content (AvgIpc) is 3.24. The van der Waals surface area contributed by atoms with Gasteiger partial charge in [-0.15, -0.1) is 11.6 Å². The molecule has 0 radical (unpaired) electrons. The molecule has 3 rings (SSSR count). The van der Waals surface area contributed by atoms with Crippen LogP contribution in [0.15, 0.2) is 6.20 Å². The van der Waals surface area contributed by atoms with E-state index in [1.165, 1.54) is 57.1 Å². The SMILES string of the molecule is ClCc1cnc(C2CCCCCC2)nc1C1CC1. The minimum atomic E-state index is 0.552. The summed E-state index contributed by atoms with van der Waals surface area (Å²) in [4.78, 5) is 9.47. The zero-order valence-electron chi connectivity index (χ0n) is 10.9. The molecule has 98 valence electrons. The molecule has 0 saturated heterocycles. The van der Waals surface area contributed by atoms with Gasteiger partial charge in [-0.1, -0.05) is 25.7 Å². The Morgan fingerprint density at radius 2 is 1.72 bits per heavy atom. The molecule has 2 aliphatic rings. The van der Waals surface area contributed by atoms with Gasteiger partial charge in [0.1, 0.15) is 5.82 Å². The minimum absolute atomic E-state index is 0.552. The second-order valence-electron chi connectivity index (χ2n) is 5.74. The Kier molecular flexibility index (Phi) is 3.83. The van der Waals surface area contributed by atoms with Crippen LogP contribution in [0.5, 0.6) is 0 Å². The van der Waals surface area contributed by atoms with Gasteiger partial charge < -0.3 is 0 Å². The van der Waals surface area contributed by atoms with E-state index in [4.69, 9.17) is 16.6 Å². The van der Waals surface area contributed by atoms with Gasteiger partial charge in [-0.3, -0.25) is 0 Å². The third kappa shape index (κ3) is 2.69. The van der Waals surface area contributed by atoms with Crippen molar-refractivity contribution in [3.63, 3.8) is 0 Å². The normalized spacial score (nSPS) is 21.8. The van der Waals surface area contributed by atoms with E-state index in [0.29, 0.717) is 17.7 Å². The summed E-state index contributed by atoms with van der Waals surface area (Å²) in [6, 6.07) is 0. The number of nitrogens with zero attached hydrogens (tertiary/aromatic N) is 2. The average molecular weight is 265 g/mol. The van der Waals surface area contributed by atoms with Crippen LogP contribution in [0.1, 0.15) is 80.3 Å². The highest BCUT2D eigenvalue weighted by molar-refractivity contribution is 6.17. The van der Waals surface area contributed by atoms with E-state index in [1.54, 1.807) is 0 Å². The summed E-state index contributed by atoms with van der Waals surface area (Å²) in [6.45, 7) is 0.